The highest BCUT2D eigenvalue weighted by atomic mass is 35.5. The molecule has 0 aromatic heterocycles. The lowest BCUT2D eigenvalue weighted by molar-refractivity contribution is 0.576. The molecule has 0 amide bonds. The molecule has 0 bridgehead atoms. The number of hydrogen-bond acceptors (Lipinski definition) is 1. The lowest BCUT2D eigenvalue weighted by atomic mass is 10.0. The normalized spacial score (nSPS) is 12.5. The topological polar surface area (TPSA) is 12.0 Å². The van der Waals surface area contributed by atoms with Gasteiger partial charge in [0.15, 0.2) is 0 Å². The summed E-state index contributed by atoms with van der Waals surface area (Å²) in [5.74, 6) is -0.379. The van der Waals surface area contributed by atoms with E-state index in [2.05, 4.69) is 11.9 Å². The second kappa shape index (κ2) is 5.29. The van der Waals surface area contributed by atoms with Crippen LogP contribution in [-0.2, 0) is 0 Å². The molecule has 0 spiro atoms. The number of nitrogens with one attached hydrogen (secondary N) is 1. The number of benzene rings is 1. The molecule has 1 N–H and O–H groups in total. The van der Waals surface area contributed by atoms with Crippen LogP contribution < -0.4 is 5.32 Å². The second-order valence-corrected chi connectivity index (χ2v) is 4.08. The van der Waals surface area contributed by atoms with Gasteiger partial charge < -0.3 is 5.32 Å². The van der Waals surface area contributed by atoms with Crippen LogP contribution in [0.2, 0.25) is 5.02 Å². The van der Waals surface area contributed by atoms with Gasteiger partial charge in [0.1, 0.15) is 5.82 Å². The Balaban J connectivity index is 2.92. The molecule has 0 aliphatic heterocycles. The molecule has 0 aliphatic carbocycles. The van der Waals surface area contributed by atoms with Crippen molar-refractivity contribution in [1.29, 1.82) is 0 Å². The molecule has 0 radical (unpaired) electrons. The third kappa shape index (κ3) is 3.33. The van der Waals surface area contributed by atoms with Crippen molar-refractivity contribution >= 4 is 11.6 Å². The minimum absolute atomic E-state index is 0.0919. The van der Waals surface area contributed by atoms with Crippen LogP contribution in [0.1, 0.15) is 24.9 Å². The van der Waals surface area contributed by atoms with Gasteiger partial charge in [-0.05, 0) is 38.1 Å². The highest BCUT2D eigenvalue weighted by molar-refractivity contribution is 6.30. The molecule has 0 saturated carbocycles. The van der Waals surface area contributed by atoms with Crippen molar-refractivity contribution in [2.75, 3.05) is 7.05 Å². The average molecular weight is 228 g/mol. The van der Waals surface area contributed by atoms with Gasteiger partial charge in [0.05, 0.1) is 5.02 Å². The molecule has 15 heavy (non-hydrogen) atoms. The summed E-state index contributed by atoms with van der Waals surface area (Å²) < 4.78 is 13.2. The first-order valence-corrected chi connectivity index (χ1v) is 5.19. The Morgan fingerprint density at radius 1 is 1.60 bits per heavy atom. The van der Waals surface area contributed by atoms with E-state index in [-0.39, 0.29) is 16.9 Å². The monoisotopic (exact) mass is 227 g/mol. The largest absolute Gasteiger partial charge is 0.313 e. The van der Waals surface area contributed by atoms with Gasteiger partial charge in [-0.15, -0.1) is 6.58 Å². The molecule has 0 aliphatic rings. The first-order valence-electron chi connectivity index (χ1n) is 4.81. The van der Waals surface area contributed by atoms with Crippen LogP contribution >= 0.6 is 11.6 Å². The predicted molar refractivity (Wildman–Crippen MR) is 62.6 cm³/mol. The Bertz CT molecular complexity index is 363. The Morgan fingerprint density at radius 2 is 2.27 bits per heavy atom. The molecule has 1 rings (SSSR count). The van der Waals surface area contributed by atoms with Crippen molar-refractivity contribution in [3.8, 4) is 0 Å². The van der Waals surface area contributed by atoms with Crippen LogP contribution in [0.3, 0.4) is 0 Å². The maximum Gasteiger partial charge on any atom is 0.142 e. The van der Waals surface area contributed by atoms with Crippen molar-refractivity contribution in [3.05, 3.63) is 46.8 Å². The smallest absolute Gasteiger partial charge is 0.142 e. The highest BCUT2D eigenvalue weighted by Crippen LogP contribution is 2.23. The lowest BCUT2D eigenvalue weighted by Gasteiger charge is -2.16. The van der Waals surface area contributed by atoms with Gasteiger partial charge in [-0.25, -0.2) is 4.39 Å². The van der Waals surface area contributed by atoms with Gasteiger partial charge in [-0.2, -0.15) is 0 Å². The molecule has 3 heteroatoms. The minimum Gasteiger partial charge on any atom is -0.313 e. The van der Waals surface area contributed by atoms with Crippen LogP contribution in [0.5, 0.6) is 0 Å². The average Bonchev–Trinajstić information content (AvgIpc) is 2.18. The molecule has 1 aromatic rings. The minimum atomic E-state index is -0.379. The van der Waals surface area contributed by atoms with Crippen molar-refractivity contribution in [1.82, 2.24) is 5.32 Å². The van der Waals surface area contributed by atoms with Gasteiger partial charge >= 0.3 is 0 Å². The van der Waals surface area contributed by atoms with Crippen LogP contribution in [0.15, 0.2) is 30.4 Å². The maximum absolute atomic E-state index is 13.2. The summed E-state index contributed by atoms with van der Waals surface area (Å²) >= 11 is 5.62. The fraction of sp³-hybridized carbons (Fsp3) is 0.333. The Morgan fingerprint density at radius 3 is 2.73 bits per heavy atom. The van der Waals surface area contributed by atoms with E-state index in [0.717, 1.165) is 17.6 Å². The fourth-order valence-corrected chi connectivity index (χ4v) is 1.58. The fourth-order valence-electron chi connectivity index (χ4n) is 1.46. The van der Waals surface area contributed by atoms with Gasteiger partial charge in [0.2, 0.25) is 0 Å². The van der Waals surface area contributed by atoms with E-state index >= 15 is 0 Å². The third-order valence-corrected chi connectivity index (χ3v) is 2.55. The maximum atomic E-state index is 13.2. The van der Waals surface area contributed by atoms with Gasteiger partial charge in [0, 0.05) is 6.04 Å². The summed E-state index contributed by atoms with van der Waals surface area (Å²) in [6.45, 7) is 5.80. The number of rotatable bonds is 4. The highest BCUT2D eigenvalue weighted by Gasteiger charge is 2.11. The molecule has 0 saturated heterocycles. The second-order valence-electron chi connectivity index (χ2n) is 3.68. The Labute approximate surface area is 95.0 Å². The van der Waals surface area contributed by atoms with Crippen LogP contribution in [0, 0.1) is 5.82 Å². The first kappa shape index (κ1) is 12.2. The summed E-state index contributed by atoms with van der Waals surface area (Å²) in [7, 11) is 1.85. The molecule has 1 atom stereocenters. The molecule has 1 aromatic carbocycles. The van der Waals surface area contributed by atoms with Crippen molar-refractivity contribution < 1.29 is 4.39 Å². The van der Waals surface area contributed by atoms with Crippen molar-refractivity contribution in [2.24, 2.45) is 0 Å². The van der Waals surface area contributed by atoms with Gasteiger partial charge in [0.25, 0.3) is 0 Å². The van der Waals surface area contributed by atoms with E-state index in [9.17, 15) is 4.39 Å². The molecule has 1 unspecified atom stereocenters. The molecule has 1 nitrogen and oxygen atoms in total. The SMILES string of the molecule is C=C(C)CC(NC)c1ccc(Cl)c(F)c1. The summed E-state index contributed by atoms with van der Waals surface area (Å²) in [4.78, 5) is 0. The van der Waals surface area contributed by atoms with E-state index < -0.39 is 0 Å². The van der Waals surface area contributed by atoms with Crippen molar-refractivity contribution in [3.63, 3.8) is 0 Å². The predicted octanol–water partition coefficient (Wildman–Crippen LogP) is 3.71. The molecule has 0 heterocycles. The Kier molecular flexibility index (Phi) is 4.30. The quantitative estimate of drug-likeness (QED) is 0.774. The first-order chi connectivity index (χ1) is 7.04. The zero-order chi connectivity index (χ0) is 11.4. The third-order valence-electron chi connectivity index (χ3n) is 2.25. The van der Waals surface area contributed by atoms with E-state index in [0.29, 0.717) is 0 Å². The van der Waals surface area contributed by atoms with Gasteiger partial charge in [-0.3, -0.25) is 0 Å². The summed E-state index contributed by atoms with van der Waals surface area (Å²) in [5, 5.41) is 3.28. The van der Waals surface area contributed by atoms with Crippen LogP contribution in [0.4, 0.5) is 4.39 Å². The number of hydrogen-bond donors (Lipinski definition) is 1. The van der Waals surface area contributed by atoms with E-state index in [1.165, 1.54) is 6.07 Å². The molecular formula is C12H15ClFN. The van der Waals surface area contributed by atoms with E-state index in [4.69, 9.17) is 11.6 Å². The molecular weight excluding hydrogens is 213 g/mol. The zero-order valence-electron chi connectivity index (χ0n) is 8.98. The van der Waals surface area contributed by atoms with Crippen molar-refractivity contribution in [2.45, 2.75) is 19.4 Å². The van der Waals surface area contributed by atoms with E-state index in [1.54, 1.807) is 6.07 Å². The van der Waals surface area contributed by atoms with Gasteiger partial charge in [-0.1, -0.05) is 23.2 Å². The van der Waals surface area contributed by atoms with Crippen LogP contribution in [0.25, 0.3) is 0 Å². The van der Waals surface area contributed by atoms with Crippen LogP contribution in [-0.4, -0.2) is 7.05 Å². The standard InChI is InChI=1S/C12H15ClFN/c1-8(2)6-12(15-3)9-4-5-10(13)11(14)7-9/h4-5,7,12,15H,1,6H2,2-3H3. The Hall–Kier alpha value is -0.860. The summed E-state index contributed by atoms with van der Waals surface area (Å²) in [6, 6.07) is 4.96. The zero-order valence-corrected chi connectivity index (χ0v) is 9.74. The summed E-state index contributed by atoms with van der Waals surface area (Å²) in [6.07, 6.45) is 0.789. The molecule has 82 valence electrons. The van der Waals surface area contributed by atoms with E-state index in [1.807, 2.05) is 20.0 Å². The number of halogens is 2. The molecule has 0 fully saturated rings. The lowest BCUT2D eigenvalue weighted by Crippen LogP contribution is -2.16. The summed E-state index contributed by atoms with van der Waals surface area (Å²) in [5.41, 5.74) is 1.95.